The average Bonchev–Trinajstić information content (AvgIpc) is 2.84. The molecule has 1 heterocycles. The first-order chi connectivity index (χ1) is 11.5. The number of nitrogens with two attached hydrogens (primary N) is 1. The molecular weight excluding hydrogens is 342 g/mol. The first-order valence-electron chi connectivity index (χ1n) is 8.17. The van der Waals surface area contributed by atoms with Crippen LogP contribution in [0.25, 0.3) is 0 Å². The van der Waals surface area contributed by atoms with E-state index in [1.807, 2.05) is 20.8 Å². The van der Waals surface area contributed by atoms with Crippen LogP contribution in [0.1, 0.15) is 32.8 Å². The van der Waals surface area contributed by atoms with E-state index in [0.29, 0.717) is 19.5 Å². The molecular formula is C17H25N3O4S. The Morgan fingerprint density at radius 2 is 1.88 bits per heavy atom. The van der Waals surface area contributed by atoms with Gasteiger partial charge < -0.3 is 10.2 Å². The highest BCUT2D eigenvalue weighted by molar-refractivity contribution is 7.89. The van der Waals surface area contributed by atoms with E-state index in [-0.39, 0.29) is 34.6 Å². The minimum Gasteiger partial charge on any atom is -0.351 e. The molecule has 0 bridgehead atoms. The first-order valence-corrected chi connectivity index (χ1v) is 9.72. The van der Waals surface area contributed by atoms with Gasteiger partial charge in [-0.3, -0.25) is 9.59 Å². The lowest BCUT2D eigenvalue weighted by Crippen LogP contribution is -2.44. The molecule has 7 nitrogen and oxygen atoms in total. The second kappa shape index (κ2) is 7.13. The van der Waals surface area contributed by atoms with Crippen LogP contribution in [0.15, 0.2) is 29.2 Å². The molecule has 1 aromatic rings. The molecule has 1 aromatic carbocycles. The Labute approximate surface area is 148 Å². The second-order valence-corrected chi connectivity index (χ2v) is 8.98. The Hall–Kier alpha value is -1.93. The normalized spacial score (nSPS) is 18.5. The van der Waals surface area contributed by atoms with Crippen molar-refractivity contribution in [1.82, 2.24) is 10.2 Å². The van der Waals surface area contributed by atoms with Gasteiger partial charge in [0, 0.05) is 25.0 Å². The van der Waals surface area contributed by atoms with Crippen LogP contribution in [0.4, 0.5) is 0 Å². The van der Waals surface area contributed by atoms with E-state index in [4.69, 9.17) is 5.14 Å². The van der Waals surface area contributed by atoms with E-state index < -0.39 is 10.0 Å². The predicted molar refractivity (Wildman–Crippen MR) is 94.1 cm³/mol. The van der Waals surface area contributed by atoms with Crippen LogP contribution in [-0.4, -0.2) is 43.8 Å². The zero-order chi connectivity index (χ0) is 18.8. The SMILES string of the molecule is CC(C)(C)NC(=O)C1CC(=O)N(CCc2ccc(S(N)(=O)=O)cc2)C1. The second-order valence-electron chi connectivity index (χ2n) is 7.42. The van der Waals surface area contributed by atoms with Crippen LogP contribution in [0, 0.1) is 5.92 Å². The summed E-state index contributed by atoms with van der Waals surface area (Å²) in [6, 6.07) is 6.28. The molecule has 1 unspecified atom stereocenters. The number of primary sulfonamides is 1. The molecule has 25 heavy (non-hydrogen) atoms. The first kappa shape index (κ1) is 19.4. The molecule has 1 fully saturated rings. The lowest BCUT2D eigenvalue weighted by molar-refractivity contribution is -0.129. The maximum absolute atomic E-state index is 12.2. The molecule has 138 valence electrons. The maximum atomic E-state index is 12.2. The van der Waals surface area contributed by atoms with Crippen LogP contribution >= 0.6 is 0 Å². The van der Waals surface area contributed by atoms with E-state index in [2.05, 4.69) is 5.32 Å². The lowest BCUT2D eigenvalue weighted by atomic mass is 10.0. The Morgan fingerprint density at radius 1 is 1.28 bits per heavy atom. The van der Waals surface area contributed by atoms with E-state index >= 15 is 0 Å². The molecule has 1 aliphatic heterocycles. The number of hydrogen-bond donors (Lipinski definition) is 2. The smallest absolute Gasteiger partial charge is 0.238 e. The van der Waals surface area contributed by atoms with E-state index in [0.717, 1.165) is 5.56 Å². The summed E-state index contributed by atoms with van der Waals surface area (Å²) in [4.78, 5) is 26.1. The van der Waals surface area contributed by atoms with E-state index in [1.54, 1.807) is 17.0 Å². The summed E-state index contributed by atoms with van der Waals surface area (Å²) in [7, 11) is -3.70. The highest BCUT2D eigenvalue weighted by Gasteiger charge is 2.35. The number of carbonyl (C=O) groups is 2. The van der Waals surface area contributed by atoms with Gasteiger partial charge in [-0.2, -0.15) is 0 Å². The number of carbonyl (C=O) groups excluding carboxylic acids is 2. The summed E-state index contributed by atoms with van der Waals surface area (Å²) in [5.41, 5.74) is 0.585. The molecule has 1 saturated heterocycles. The summed E-state index contributed by atoms with van der Waals surface area (Å²) in [5, 5.41) is 7.98. The molecule has 8 heteroatoms. The lowest BCUT2D eigenvalue weighted by Gasteiger charge is -2.23. The number of sulfonamides is 1. The van der Waals surface area contributed by atoms with Crippen molar-refractivity contribution in [2.24, 2.45) is 11.1 Å². The summed E-state index contributed by atoms with van der Waals surface area (Å²) in [6.45, 7) is 6.63. The van der Waals surface area contributed by atoms with Gasteiger partial charge in [0.25, 0.3) is 0 Å². The summed E-state index contributed by atoms with van der Waals surface area (Å²) in [6.07, 6.45) is 0.816. The zero-order valence-corrected chi connectivity index (χ0v) is 15.6. The Morgan fingerprint density at radius 3 is 2.40 bits per heavy atom. The minimum atomic E-state index is -3.70. The van der Waals surface area contributed by atoms with Crippen molar-refractivity contribution in [2.75, 3.05) is 13.1 Å². The van der Waals surface area contributed by atoms with Crippen molar-refractivity contribution in [2.45, 2.75) is 44.0 Å². The number of benzene rings is 1. The molecule has 0 radical (unpaired) electrons. The van der Waals surface area contributed by atoms with Gasteiger partial charge in [0.1, 0.15) is 0 Å². The molecule has 0 aliphatic carbocycles. The fraction of sp³-hybridized carbons (Fsp3) is 0.529. The quantitative estimate of drug-likeness (QED) is 0.796. The van der Waals surface area contributed by atoms with Crippen molar-refractivity contribution in [3.63, 3.8) is 0 Å². The molecule has 2 rings (SSSR count). The van der Waals surface area contributed by atoms with E-state index in [1.165, 1.54) is 12.1 Å². The van der Waals surface area contributed by atoms with Crippen molar-refractivity contribution in [3.05, 3.63) is 29.8 Å². The van der Waals surface area contributed by atoms with Gasteiger partial charge in [-0.25, -0.2) is 13.6 Å². The highest BCUT2D eigenvalue weighted by Crippen LogP contribution is 2.20. The van der Waals surface area contributed by atoms with Crippen LogP contribution in [-0.2, 0) is 26.0 Å². The molecule has 0 spiro atoms. The maximum Gasteiger partial charge on any atom is 0.238 e. The van der Waals surface area contributed by atoms with E-state index in [9.17, 15) is 18.0 Å². The third-order valence-corrected chi connectivity index (χ3v) is 4.94. The molecule has 2 amide bonds. The van der Waals surface area contributed by atoms with Gasteiger partial charge in [-0.05, 0) is 44.9 Å². The van der Waals surface area contributed by atoms with Crippen molar-refractivity contribution >= 4 is 21.8 Å². The number of nitrogens with one attached hydrogen (secondary N) is 1. The Bertz CT molecular complexity index is 751. The minimum absolute atomic E-state index is 0.0322. The van der Waals surface area contributed by atoms with Gasteiger partial charge >= 0.3 is 0 Å². The fourth-order valence-electron chi connectivity index (χ4n) is 2.75. The number of hydrogen-bond acceptors (Lipinski definition) is 4. The monoisotopic (exact) mass is 367 g/mol. The fourth-order valence-corrected chi connectivity index (χ4v) is 3.26. The Kier molecular flexibility index (Phi) is 5.53. The van der Waals surface area contributed by atoms with Crippen LogP contribution in [0.2, 0.25) is 0 Å². The van der Waals surface area contributed by atoms with Crippen LogP contribution < -0.4 is 10.5 Å². The topological polar surface area (TPSA) is 110 Å². The number of amides is 2. The summed E-state index contributed by atoms with van der Waals surface area (Å²) >= 11 is 0. The molecule has 1 atom stereocenters. The molecule has 3 N–H and O–H groups in total. The van der Waals surface area contributed by atoms with Gasteiger partial charge in [0.15, 0.2) is 0 Å². The summed E-state index contributed by atoms with van der Waals surface area (Å²) < 4.78 is 22.5. The standard InChI is InChI=1S/C17H25N3O4S/c1-17(2,3)19-16(22)13-10-15(21)20(11-13)9-8-12-4-6-14(7-5-12)25(18,23)24/h4-7,13H,8-11H2,1-3H3,(H,19,22)(H2,18,23,24). The third-order valence-electron chi connectivity index (χ3n) is 4.01. The van der Waals surface area contributed by atoms with Crippen LogP contribution in [0.3, 0.4) is 0 Å². The molecule has 1 aliphatic rings. The zero-order valence-electron chi connectivity index (χ0n) is 14.8. The predicted octanol–water partition coefficient (Wildman–Crippen LogP) is 0.640. The van der Waals surface area contributed by atoms with Crippen molar-refractivity contribution < 1.29 is 18.0 Å². The number of nitrogens with zero attached hydrogens (tertiary/aromatic N) is 1. The van der Waals surface area contributed by atoms with Gasteiger partial charge in [-0.15, -0.1) is 0 Å². The van der Waals surface area contributed by atoms with Gasteiger partial charge in [-0.1, -0.05) is 12.1 Å². The molecule has 0 aromatic heterocycles. The van der Waals surface area contributed by atoms with Crippen LogP contribution in [0.5, 0.6) is 0 Å². The highest BCUT2D eigenvalue weighted by atomic mass is 32.2. The number of likely N-dealkylation sites (tertiary alicyclic amines) is 1. The molecule has 0 saturated carbocycles. The average molecular weight is 367 g/mol. The number of rotatable bonds is 5. The third kappa shape index (κ3) is 5.54. The van der Waals surface area contributed by atoms with Crippen molar-refractivity contribution in [1.29, 1.82) is 0 Å². The largest absolute Gasteiger partial charge is 0.351 e. The van der Waals surface area contributed by atoms with Gasteiger partial charge in [0.2, 0.25) is 21.8 Å². The Balaban J connectivity index is 1.91. The van der Waals surface area contributed by atoms with Crippen molar-refractivity contribution in [3.8, 4) is 0 Å². The summed E-state index contributed by atoms with van der Waals surface area (Å²) in [5.74, 6) is -0.451. The van der Waals surface area contributed by atoms with Gasteiger partial charge in [0.05, 0.1) is 10.8 Å².